The first kappa shape index (κ1) is 12.4. The molecular formula is C16H21N3. The van der Waals surface area contributed by atoms with Crippen LogP contribution in [-0.4, -0.2) is 16.3 Å². The van der Waals surface area contributed by atoms with Crippen LogP contribution in [0, 0.1) is 5.41 Å². The number of hydrogen-bond acceptors (Lipinski definition) is 2. The Bertz CT molecular complexity index is 526. The molecule has 1 heterocycles. The van der Waals surface area contributed by atoms with Crippen molar-refractivity contribution in [2.45, 2.75) is 32.9 Å². The number of benzene rings is 1. The van der Waals surface area contributed by atoms with Crippen molar-refractivity contribution in [2.24, 2.45) is 5.41 Å². The first-order chi connectivity index (χ1) is 9.23. The normalized spacial score (nSPS) is 16.5. The van der Waals surface area contributed by atoms with Crippen molar-refractivity contribution in [3.05, 3.63) is 53.9 Å². The molecule has 0 atom stereocenters. The van der Waals surface area contributed by atoms with Crippen LogP contribution in [0.3, 0.4) is 0 Å². The second-order valence-electron chi connectivity index (χ2n) is 5.95. The summed E-state index contributed by atoms with van der Waals surface area (Å²) in [7, 11) is 0. The molecule has 1 aliphatic carbocycles. The van der Waals surface area contributed by atoms with Crippen LogP contribution >= 0.6 is 0 Å². The predicted octanol–water partition coefficient (Wildman–Crippen LogP) is 2.82. The van der Waals surface area contributed by atoms with E-state index < -0.39 is 0 Å². The fourth-order valence-electron chi connectivity index (χ4n) is 2.25. The van der Waals surface area contributed by atoms with Crippen molar-refractivity contribution in [2.75, 3.05) is 6.54 Å². The van der Waals surface area contributed by atoms with Gasteiger partial charge in [-0.15, -0.1) is 0 Å². The Morgan fingerprint density at radius 2 is 2.00 bits per heavy atom. The lowest BCUT2D eigenvalue weighted by Crippen LogP contribution is -2.21. The molecule has 1 fully saturated rings. The van der Waals surface area contributed by atoms with Gasteiger partial charge in [-0.25, -0.2) is 0 Å². The lowest BCUT2D eigenvalue weighted by molar-refractivity contribution is 0.499. The SMILES string of the molecule is CC1(CNCc2cnn(Cc3ccccc3)c2)CC1. The molecule has 2 aromatic rings. The van der Waals surface area contributed by atoms with Gasteiger partial charge < -0.3 is 5.32 Å². The Morgan fingerprint density at radius 3 is 2.74 bits per heavy atom. The summed E-state index contributed by atoms with van der Waals surface area (Å²) in [5.74, 6) is 0. The molecule has 0 radical (unpaired) electrons. The minimum absolute atomic E-state index is 0.569. The van der Waals surface area contributed by atoms with Crippen LogP contribution in [-0.2, 0) is 13.1 Å². The van der Waals surface area contributed by atoms with E-state index in [1.165, 1.54) is 24.0 Å². The number of rotatable bonds is 6. The van der Waals surface area contributed by atoms with Gasteiger partial charge in [-0.1, -0.05) is 37.3 Å². The first-order valence-electron chi connectivity index (χ1n) is 7.00. The predicted molar refractivity (Wildman–Crippen MR) is 76.8 cm³/mol. The summed E-state index contributed by atoms with van der Waals surface area (Å²) in [6, 6.07) is 10.4. The number of nitrogens with zero attached hydrogens (tertiary/aromatic N) is 2. The summed E-state index contributed by atoms with van der Waals surface area (Å²) in [4.78, 5) is 0. The largest absolute Gasteiger partial charge is 0.312 e. The lowest BCUT2D eigenvalue weighted by Gasteiger charge is -2.08. The zero-order valence-electron chi connectivity index (χ0n) is 11.5. The van der Waals surface area contributed by atoms with Crippen molar-refractivity contribution in [3.63, 3.8) is 0 Å². The van der Waals surface area contributed by atoms with Gasteiger partial charge in [-0.2, -0.15) is 5.10 Å². The summed E-state index contributed by atoms with van der Waals surface area (Å²) < 4.78 is 2.01. The third-order valence-corrected chi connectivity index (χ3v) is 3.86. The monoisotopic (exact) mass is 255 g/mol. The molecule has 1 saturated carbocycles. The van der Waals surface area contributed by atoms with Gasteiger partial charge in [0.25, 0.3) is 0 Å². The topological polar surface area (TPSA) is 29.9 Å². The highest BCUT2D eigenvalue weighted by Crippen LogP contribution is 2.44. The maximum atomic E-state index is 4.42. The summed E-state index contributed by atoms with van der Waals surface area (Å²) in [6.45, 7) is 5.23. The third-order valence-electron chi connectivity index (χ3n) is 3.86. The second-order valence-corrected chi connectivity index (χ2v) is 5.95. The van der Waals surface area contributed by atoms with Gasteiger partial charge in [0, 0.05) is 24.8 Å². The fourth-order valence-corrected chi connectivity index (χ4v) is 2.25. The molecule has 19 heavy (non-hydrogen) atoms. The zero-order chi connectivity index (χ0) is 13.1. The highest BCUT2D eigenvalue weighted by atomic mass is 15.3. The molecule has 0 unspecified atom stereocenters. The molecule has 1 aromatic heterocycles. The van der Waals surface area contributed by atoms with Crippen LogP contribution in [0.5, 0.6) is 0 Å². The zero-order valence-corrected chi connectivity index (χ0v) is 11.5. The molecule has 0 spiro atoms. The minimum Gasteiger partial charge on any atom is -0.312 e. The van der Waals surface area contributed by atoms with Crippen molar-refractivity contribution in [1.29, 1.82) is 0 Å². The average Bonchev–Trinajstić information content (AvgIpc) is 2.98. The highest BCUT2D eigenvalue weighted by molar-refractivity contribution is 5.15. The Kier molecular flexibility index (Phi) is 3.38. The number of aromatic nitrogens is 2. The second kappa shape index (κ2) is 5.17. The third kappa shape index (κ3) is 3.44. The lowest BCUT2D eigenvalue weighted by atomic mass is 10.1. The quantitative estimate of drug-likeness (QED) is 0.860. The molecule has 0 bridgehead atoms. The van der Waals surface area contributed by atoms with E-state index in [4.69, 9.17) is 0 Å². The van der Waals surface area contributed by atoms with Gasteiger partial charge in [0.15, 0.2) is 0 Å². The van der Waals surface area contributed by atoms with E-state index in [-0.39, 0.29) is 0 Å². The molecule has 1 aliphatic rings. The van der Waals surface area contributed by atoms with Crippen molar-refractivity contribution in [3.8, 4) is 0 Å². The van der Waals surface area contributed by atoms with Crippen LogP contribution in [0.15, 0.2) is 42.7 Å². The summed E-state index contributed by atoms with van der Waals surface area (Å²) in [6.07, 6.45) is 6.83. The van der Waals surface area contributed by atoms with E-state index in [1.54, 1.807) is 0 Å². The average molecular weight is 255 g/mol. The Hall–Kier alpha value is -1.61. The summed E-state index contributed by atoms with van der Waals surface area (Å²) in [5.41, 5.74) is 3.12. The molecule has 0 amide bonds. The van der Waals surface area contributed by atoms with Gasteiger partial charge in [-0.05, 0) is 23.8 Å². The van der Waals surface area contributed by atoms with Gasteiger partial charge in [0.1, 0.15) is 0 Å². The molecule has 3 nitrogen and oxygen atoms in total. The summed E-state index contributed by atoms with van der Waals surface area (Å²) in [5, 5.41) is 7.95. The van der Waals surface area contributed by atoms with Crippen LogP contribution in [0.2, 0.25) is 0 Å². The highest BCUT2D eigenvalue weighted by Gasteiger charge is 2.36. The molecule has 0 aliphatic heterocycles. The van der Waals surface area contributed by atoms with Crippen LogP contribution in [0.1, 0.15) is 30.9 Å². The van der Waals surface area contributed by atoms with E-state index >= 15 is 0 Å². The molecular weight excluding hydrogens is 234 g/mol. The van der Waals surface area contributed by atoms with Crippen molar-refractivity contribution in [1.82, 2.24) is 15.1 Å². The Morgan fingerprint density at radius 1 is 1.21 bits per heavy atom. The van der Waals surface area contributed by atoms with Gasteiger partial charge in [0.05, 0.1) is 12.7 Å². The molecule has 0 saturated heterocycles. The summed E-state index contributed by atoms with van der Waals surface area (Å²) >= 11 is 0. The van der Waals surface area contributed by atoms with Gasteiger partial charge >= 0.3 is 0 Å². The smallest absolute Gasteiger partial charge is 0.0659 e. The van der Waals surface area contributed by atoms with E-state index in [1.807, 2.05) is 16.9 Å². The number of nitrogens with one attached hydrogen (secondary N) is 1. The molecule has 3 rings (SSSR count). The Balaban J connectivity index is 1.51. The fraction of sp³-hybridized carbons (Fsp3) is 0.438. The van der Waals surface area contributed by atoms with Crippen LogP contribution < -0.4 is 5.32 Å². The van der Waals surface area contributed by atoms with Crippen LogP contribution in [0.4, 0.5) is 0 Å². The minimum atomic E-state index is 0.569. The number of hydrogen-bond donors (Lipinski definition) is 1. The first-order valence-corrected chi connectivity index (χ1v) is 7.00. The standard InChI is InChI=1S/C16H21N3/c1-16(7-8-16)13-17-9-15-10-18-19(12-15)11-14-5-3-2-4-6-14/h2-6,10,12,17H,7-9,11,13H2,1H3. The van der Waals surface area contributed by atoms with Gasteiger partial charge in [0.2, 0.25) is 0 Å². The maximum Gasteiger partial charge on any atom is 0.0659 e. The van der Waals surface area contributed by atoms with Gasteiger partial charge in [-0.3, -0.25) is 4.68 Å². The molecule has 1 aromatic carbocycles. The van der Waals surface area contributed by atoms with E-state index in [0.717, 1.165) is 19.6 Å². The Labute approximate surface area is 114 Å². The van der Waals surface area contributed by atoms with Crippen molar-refractivity contribution >= 4 is 0 Å². The molecule has 100 valence electrons. The van der Waals surface area contributed by atoms with E-state index in [9.17, 15) is 0 Å². The maximum absolute atomic E-state index is 4.42. The van der Waals surface area contributed by atoms with E-state index in [0.29, 0.717) is 5.41 Å². The molecule has 3 heteroatoms. The molecule has 1 N–H and O–H groups in total. The van der Waals surface area contributed by atoms with Crippen LogP contribution in [0.25, 0.3) is 0 Å². The van der Waals surface area contributed by atoms with Crippen molar-refractivity contribution < 1.29 is 0 Å². The van der Waals surface area contributed by atoms with E-state index in [2.05, 4.69) is 47.8 Å².